The zero-order valence-electron chi connectivity index (χ0n) is 10.3. The maximum Gasteiger partial charge on any atom is 0.223 e. The van der Waals surface area contributed by atoms with E-state index in [0.717, 1.165) is 22.2 Å². The molecule has 0 aliphatic rings. The van der Waals surface area contributed by atoms with E-state index in [2.05, 4.69) is 5.32 Å². The summed E-state index contributed by atoms with van der Waals surface area (Å²) in [4.78, 5) is 11.1. The lowest BCUT2D eigenvalue weighted by molar-refractivity contribution is -0.121. The van der Waals surface area contributed by atoms with Crippen molar-refractivity contribution >= 4 is 22.4 Å². The molecule has 0 heterocycles. The van der Waals surface area contributed by atoms with Crippen LogP contribution >= 0.6 is 0 Å². The van der Waals surface area contributed by atoms with Crippen molar-refractivity contribution in [2.24, 2.45) is 0 Å². The van der Waals surface area contributed by atoms with Gasteiger partial charge >= 0.3 is 0 Å². The summed E-state index contributed by atoms with van der Waals surface area (Å²) in [5.74, 6) is 0.721. The molecule has 0 aliphatic heterocycles. The smallest absolute Gasteiger partial charge is 0.223 e. The zero-order chi connectivity index (χ0) is 13.0. The van der Waals surface area contributed by atoms with Gasteiger partial charge < -0.3 is 15.8 Å². The summed E-state index contributed by atoms with van der Waals surface area (Å²) in [7, 11) is 1.61. The van der Waals surface area contributed by atoms with Gasteiger partial charge in [0.2, 0.25) is 5.91 Å². The van der Waals surface area contributed by atoms with E-state index in [4.69, 9.17) is 10.5 Å². The van der Waals surface area contributed by atoms with Crippen LogP contribution in [-0.2, 0) is 4.79 Å². The van der Waals surface area contributed by atoms with E-state index in [1.54, 1.807) is 7.05 Å². The van der Waals surface area contributed by atoms with Crippen molar-refractivity contribution in [1.29, 1.82) is 0 Å². The van der Waals surface area contributed by atoms with Gasteiger partial charge in [-0.2, -0.15) is 0 Å². The van der Waals surface area contributed by atoms with Crippen molar-refractivity contribution in [1.82, 2.24) is 5.32 Å². The summed E-state index contributed by atoms with van der Waals surface area (Å²) >= 11 is 0. The Morgan fingerprint density at radius 1 is 1.22 bits per heavy atom. The number of carbonyl (C=O) groups is 1. The second kappa shape index (κ2) is 5.40. The number of hydrogen-bond acceptors (Lipinski definition) is 3. The van der Waals surface area contributed by atoms with Gasteiger partial charge in [-0.3, -0.25) is 4.79 Å². The Morgan fingerprint density at radius 3 is 2.67 bits per heavy atom. The van der Waals surface area contributed by atoms with Crippen LogP contribution in [-0.4, -0.2) is 19.6 Å². The minimum Gasteiger partial charge on any atom is -0.492 e. The topological polar surface area (TPSA) is 64.3 Å². The summed E-state index contributed by atoms with van der Waals surface area (Å²) in [5, 5.41) is 4.49. The Bertz CT molecular complexity index is 567. The van der Waals surface area contributed by atoms with E-state index in [0.29, 0.717) is 13.0 Å². The van der Waals surface area contributed by atoms with E-state index >= 15 is 0 Å². The molecule has 4 heteroatoms. The predicted octanol–water partition coefficient (Wildman–Crippen LogP) is 1.94. The van der Waals surface area contributed by atoms with E-state index in [-0.39, 0.29) is 5.91 Å². The summed E-state index contributed by atoms with van der Waals surface area (Å²) in [5.41, 5.74) is 6.63. The van der Waals surface area contributed by atoms with E-state index < -0.39 is 0 Å². The normalized spacial score (nSPS) is 10.3. The fraction of sp³-hybridized carbons (Fsp3) is 0.214. The number of nitrogens with two attached hydrogens (primary N) is 1. The SMILES string of the molecule is CNC(=O)CCOc1ccc(N)c2ccccc12. The number of amides is 1. The molecule has 0 unspecified atom stereocenters. The third-order valence-corrected chi connectivity index (χ3v) is 2.78. The number of nitrogens with one attached hydrogen (secondary N) is 1. The summed E-state index contributed by atoms with van der Waals surface area (Å²) < 4.78 is 5.63. The molecule has 2 rings (SSSR count). The molecule has 0 aromatic heterocycles. The second-order valence-electron chi connectivity index (χ2n) is 3.97. The molecule has 0 saturated carbocycles. The molecule has 2 aromatic carbocycles. The first-order valence-electron chi connectivity index (χ1n) is 5.83. The first-order valence-corrected chi connectivity index (χ1v) is 5.83. The van der Waals surface area contributed by atoms with Gasteiger partial charge in [-0.25, -0.2) is 0 Å². The van der Waals surface area contributed by atoms with Gasteiger partial charge in [-0.1, -0.05) is 24.3 Å². The minimum absolute atomic E-state index is 0.0326. The number of carbonyl (C=O) groups excluding carboxylic acids is 1. The first-order chi connectivity index (χ1) is 8.72. The fourth-order valence-electron chi connectivity index (χ4n) is 1.80. The minimum atomic E-state index is -0.0326. The van der Waals surface area contributed by atoms with Crippen LogP contribution < -0.4 is 15.8 Å². The summed E-state index contributed by atoms with van der Waals surface area (Å²) in [6.45, 7) is 0.355. The maximum absolute atomic E-state index is 11.1. The van der Waals surface area contributed by atoms with Crippen molar-refractivity contribution in [2.75, 3.05) is 19.4 Å². The molecule has 2 aromatic rings. The lowest BCUT2D eigenvalue weighted by Crippen LogP contribution is -2.20. The van der Waals surface area contributed by atoms with Gasteiger partial charge in [-0.15, -0.1) is 0 Å². The van der Waals surface area contributed by atoms with Gasteiger partial charge in [0.05, 0.1) is 13.0 Å². The van der Waals surface area contributed by atoms with Crippen molar-refractivity contribution < 1.29 is 9.53 Å². The van der Waals surface area contributed by atoms with E-state index in [1.807, 2.05) is 36.4 Å². The highest BCUT2D eigenvalue weighted by Crippen LogP contribution is 2.29. The Morgan fingerprint density at radius 2 is 1.94 bits per heavy atom. The summed E-state index contributed by atoms with van der Waals surface area (Å²) in [6.07, 6.45) is 0.342. The molecule has 1 amide bonds. The molecule has 0 fully saturated rings. The highest BCUT2D eigenvalue weighted by molar-refractivity contribution is 5.97. The molecule has 18 heavy (non-hydrogen) atoms. The van der Waals surface area contributed by atoms with Gasteiger partial charge in [-0.05, 0) is 12.1 Å². The maximum atomic E-state index is 11.1. The fourth-order valence-corrected chi connectivity index (χ4v) is 1.80. The Balaban J connectivity index is 2.18. The van der Waals surface area contributed by atoms with Gasteiger partial charge in [0, 0.05) is 23.5 Å². The van der Waals surface area contributed by atoms with Crippen LogP contribution in [0.4, 0.5) is 5.69 Å². The van der Waals surface area contributed by atoms with Gasteiger partial charge in [0.15, 0.2) is 0 Å². The van der Waals surface area contributed by atoms with Crippen LogP contribution in [0.5, 0.6) is 5.75 Å². The average molecular weight is 244 g/mol. The van der Waals surface area contributed by atoms with Crippen LogP contribution in [0.2, 0.25) is 0 Å². The lowest BCUT2D eigenvalue weighted by Gasteiger charge is -2.10. The number of nitrogen functional groups attached to an aromatic ring is 1. The third kappa shape index (κ3) is 2.53. The van der Waals surface area contributed by atoms with Crippen molar-refractivity contribution in [3.05, 3.63) is 36.4 Å². The van der Waals surface area contributed by atoms with Gasteiger partial charge in [0.1, 0.15) is 5.75 Å². The number of benzene rings is 2. The first kappa shape index (κ1) is 12.2. The summed E-state index contributed by atoms with van der Waals surface area (Å²) in [6, 6.07) is 11.4. The molecule has 0 spiro atoms. The van der Waals surface area contributed by atoms with Crippen LogP contribution in [0.25, 0.3) is 10.8 Å². The number of rotatable bonds is 4. The molecular formula is C14H16N2O2. The molecule has 0 atom stereocenters. The molecule has 0 aliphatic carbocycles. The quantitative estimate of drug-likeness (QED) is 0.808. The number of fused-ring (bicyclic) bond motifs is 1. The number of ether oxygens (including phenoxy) is 1. The largest absolute Gasteiger partial charge is 0.492 e. The second-order valence-corrected chi connectivity index (χ2v) is 3.97. The molecule has 94 valence electrons. The Labute approximate surface area is 106 Å². The highest BCUT2D eigenvalue weighted by atomic mass is 16.5. The van der Waals surface area contributed by atoms with Crippen molar-refractivity contribution in [3.63, 3.8) is 0 Å². The molecule has 0 bridgehead atoms. The van der Waals surface area contributed by atoms with E-state index in [1.165, 1.54) is 0 Å². The van der Waals surface area contributed by atoms with E-state index in [9.17, 15) is 4.79 Å². The van der Waals surface area contributed by atoms with Crippen LogP contribution in [0, 0.1) is 0 Å². The molecule has 0 saturated heterocycles. The van der Waals surface area contributed by atoms with Crippen LogP contribution in [0.1, 0.15) is 6.42 Å². The predicted molar refractivity (Wildman–Crippen MR) is 72.5 cm³/mol. The number of hydrogen-bond donors (Lipinski definition) is 2. The highest BCUT2D eigenvalue weighted by Gasteiger charge is 2.05. The average Bonchev–Trinajstić information content (AvgIpc) is 2.41. The third-order valence-electron chi connectivity index (χ3n) is 2.78. The molecule has 4 nitrogen and oxygen atoms in total. The standard InChI is InChI=1S/C14H16N2O2/c1-16-14(17)8-9-18-13-7-6-12(15)10-4-2-3-5-11(10)13/h2-7H,8-9,15H2,1H3,(H,16,17). The van der Waals surface area contributed by atoms with Gasteiger partial charge in [0.25, 0.3) is 0 Å². The molecular weight excluding hydrogens is 228 g/mol. The van der Waals surface area contributed by atoms with Crippen LogP contribution in [0.15, 0.2) is 36.4 Å². The molecule has 3 N–H and O–H groups in total. The number of anilines is 1. The van der Waals surface area contributed by atoms with Crippen molar-refractivity contribution in [2.45, 2.75) is 6.42 Å². The lowest BCUT2D eigenvalue weighted by atomic mass is 10.1. The Kier molecular flexibility index (Phi) is 3.67. The van der Waals surface area contributed by atoms with Crippen LogP contribution in [0.3, 0.4) is 0 Å². The Hall–Kier alpha value is -2.23. The van der Waals surface area contributed by atoms with Crippen molar-refractivity contribution in [3.8, 4) is 5.75 Å². The monoisotopic (exact) mass is 244 g/mol. The molecule has 0 radical (unpaired) electrons. The zero-order valence-corrected chi connectivity index (χ0v) is 10.3.